The molecule has 1 saturated carbocycles. The molecule has 104 valence electrons. The normalized spacial score (nSPS) is 23.3. The van der Waals surface area contributed by atoms with Crippen LogP contribution in [0.4, 0.5) is 0 Å². The Kier molecular flexibility index (Phi) is 3.77. The van der Waals surface area contributed by atoms with E-state index in [-0.39, 0.29) is 12.0 Å². The number of fused-ring (bicyclic) bond motifs is 1. The average Bonchev–Trinajstić information content (AvgIpc) is 3.06. The number of hydrogen-bond acceptors (Lipinski definition) is 4. The summed E-state index contributed by atoms with van der Waals surface area (Å²) in [6.45, 7) is 1.75. The van der Waals surface area contributed by atoms with Crippen LogP contribution in [-0.4, -0.2) is 33.5 Å². The summed E-state index contributed by atoms with van der Waals surface area (Å²) in [5.74, 6) is 0.745. The van der Waals surface area contributed by atoms with E-state index in [1.807, 2.05) is 4.68 Å². The van der Waals surface area contributed by atoms with Crippen LogP contribution in [0.5, 0.6) is 0 Å². The number of amides is 1. The molecule has 0 spiro atoms. The zero-order chi connectivity index (χ0) is 13.1. The van der Waals surface area contributed by atoms with Gasteiger partial charge in [0.2, 0.25) is 5.91 Å². The Morgan fingerprint density at radius 1 is 1.47 bits per heavy atom. The summed E-state index contributed by atoms with van der Waals surface area (Å²) in [5.41, 5.74) is 0.994. The Morgan fingerprint density at radius 2 is 2.32 bits per heavy atom. The van der Waals surface area contributed by atoms with Gasteiger partial charge in [-0.15, -0.1) is 5.10 Å². The number of nitrogens with zero attached hydrogens (tertiary/aromatic N) is 3. The largest absolute Gasteiger partial charge is 0.368 e. The number of rotatable bonds is 4. The van der Waals surface area contributed by atoms with Crippen LogP contribution in [0, 0.1) is 5.92 Å². The number of hydrogen-bond donors (Lipinski definition) is 1. The molecule has 1 amide bonds. The SMILES string of the molecule is O=C(CC1CCCC1)NC[C@@H]1Cn2nncc2CO1. The smallest absolute Gasteiger partial charge is 0.220 e. The number of carbonyl (C=O) groups excluding carboxylic acids is 1. The molecular formula is C13H20N4O2. The molecule has 1 aliphatic heterocycles. The van der Waals surface area contributed by atoms with Gasteiger partial charge in [-0.3, -0.25) is 4.79 Å². The van der Waals surface area contributed by atoms with Crippen molar-refractivity contribution in [2.45, 2.75) is 51.4 Å². The fourth-order valence-electron chi connectivity index (χ4n) is 2.89. The highest BCUT2D eigenvalue weighted by Gasteiger charge is 2.22. The molecule has 1 aliphatic carbocycles. The van der Waals surface area contributed by atoms with Crippen molar-refractivity contribution in [1.82, 2.24) is 20.3 Å². The van der Waals surface area contributed by atoms with Crippen LogP contribution in [-0.2, 0) is 22.7 Å². The Hall–Kier alpha value is -1.43. The Balaban J connectivity index is 1.41. The third kappa shape index (κ3) is 3.12. The first kappa shape index (κ1) is 12.6. The molecular weight excluding hydrogens is 244 g/mol. The molecule has 0 radical (unpaired) electrons. The second kappa shape index (κ2) is 5.69. The van der Waals surface area contributed by atoms with Crippen molar-refractivity contribution >= 4 is 5.91 Å². The number of ether oxygens (including phenoxy) is 1. The van der Waals surface area contributed by atoms with Crippen LogP contribution in [0.1, 0.15) is 37.8 Å². The minimum absolute atomic E-state index is 0.00160. The van der Waals surface area contributed by atoms with E-state index in [1.54, 1.807) is 6.20 Å². The van der Waals surface area contributed by atoms with Gasteiger partial charge in [0, 0.05) is 13.0 Å². The van der Waals surface area contributed by atoms with E-state index in [9.17, 15) is 4.79 Å². The molecule has 1 N–H and O–H groups in total. The van der Waals surface area contributed by atoms with Crippen molar-refractivity contribution in [2.75, 3.05) is 6.54 Å². The average molecular weight is 264 g/mol. The van der Waals surface area contributed by atoms with Crippen LogP contribution in [0.2, 0.25) is 0 Å². The minimum Gasteiger partial charge on any atom is -0.368 e. The Labute approximate surface area is 112 Å². The maximum Gasteiger partial charge on any atom is 0.220 e. The summed E-state index contributed by atoms with van der Waals surface area (Å²) < 4.78 is 7.51. The summed E-state index contributed by atoms with van der Waals surface area (Å²) >= 11 is 0. The van der Waals surface area contributed by atoms with Crippen molar-refractivity contribution in [1.29, 1.82) is 0 Å². The van der Waals surface area contributed by atoms with E-state index in [1.165, 1.54) is 25.7 Å². The van der Waals surface area contributed by atoms with E-state index in [0.717, 1.165) is 5.69 Å². The summed E-state index contributed by atoms with van der Waals surface area (Å²) in [4.78, 5) is 11.8. The first-order valence-corrected chi connectivity index (χ1v) is 7.07. The molecule has 0 bridgehead atoms. The maximum absolute atomic E-state index is 11.8. The van der Waals surface area contributed by atoms with Crippen molar-refractivity contribution in [3.8, 4) is 0 Å². The quantitative estimate of drug-likeness (QED) is 0.876. The lowest BCUT2D eigenvalue weighted by atomic mass is 10.0. The van der Waals surface area contributed by atoms with E-state index in [2.05, 4.69) is 15.6 Å². The van der Waals surface area contributed by atoms with Crippen LogP contribution >= 0.6 is 0 Å². The van der Waals surface area contributed by atoms with E-state index in [0.29, 0.717) is 32.0 Å². The highest BCUT2D eigenvalue weighted by molar-refractivity contribution is 5.76. The molecule has 2 heterocycles. The second-order valence-corrected chi connectivity index (χ2v) is 5.50. The molecule has 1 aromatic rings. The van der Waals surface area contributed by atoms with Gasteiger partial charge in [-0.1, -0.05) is 18.1 Å². The lowest BCUT2D eigenvalue weighted by molar-refractivity contribution is -0.123. The van der Waals surface area contributed by atoms with Crippen molar-refractivity contribution in [2.24, 2.45) is 5.92 Å². The zero-order valence-electron chi connectivity index (χ0n) is 11.0. The lowest BCUT2D eigenvalue weighted by Gasteiger charge is -2.23. The highest BCUT2D eigenvalue weighted by Crippen LogP contribution is 2.27. The third-order valence-corrected chi connectivity index (χ3v) is 4.02. The van der Waals surface area contributed by atoms with Gasteiger partial charge >= 0.3 is 0 Å². The van der Waals surface area contributed by atoms with E-state index < -0.39 is 0 Å². The first-order chi connectivity index (χ1) is 9.31. The number of aromatic nitrogens is 3. The van der Waals surface area contributed by atoms with Gasteiger partial charge in [-0.2, -0.15) is 0 Å². The van der Waals surface area contributed by atoms with Crippen molar-refractivity contribution in [3.05, 3.63) is 11.9 Å². The van der Waals surface area contributed by atoms with Crippen LogP contribution < -0.4 is 5.32 Å². The lowest BCUT2D eigenvalue weighted by Crippen LogP contribution is -2.39. The molecule has 1 aromatic heterocycles. The molecule has 19 heavy (non-hydrogen) atoms. The van der Waals surface area contributed by atoms with E-state index >= 15 is 0 Å². The molecule has 0 saturated heterocycles. The van der Waals surface area contributed by atoms with Gasteiger partial charge in [0.05, 0.1) is 31.1 Å². The van der Waals surface area contributed by atoms with Crippen LogP contribution in [0.3, 0.4) is 0 Å². The maximum atomic E-state index is 11.8. The molecule has 6 nitrogen and oxygen atoms in total. The topological polar surface area (TPSA) is 69.0 Å². The summed E-state index contributed by atoms with van der Waals surface area (Å²) in [5, 5.41) is 10.8. The molecule has 2 aliphatic rings. The highest BCUT2D eigenvalue weighted by atomic mass is 16.5. The predicted octanol–water partition coefficient (Wildman–Crippen LogP) is 0.873. The number of carbonyl (C=O) groups is 1. The Bertz CT molecular complexity index is 440. The minimum atomic E-state index is 0.00160. The first-order valence-electron chi connectivity index (χ1n) is 7.07. The summed E-state index contributed by atoms with van der Waals surface area (Å²) in [6, 6.07) is 0. The van der Waals surface area contributed by atoms with E-state index in [4.69, 9.17) is 4.74 Å². The fraction of sp³-hybridized carbons (Fsp3) is 0.769. The standard InChI is InChI=1S/C13H20N4O2/c18-13(5-10-3-1-2-4-10)14-7-12-8-17-11(9-19-12)6-15-16-17/h6,10,12H,1-5,7-9H2,(H,14,18)/t12-/m1/s1. The predicted molar refractivity (Wildman–Crippen MR) is 68.2 cm³/mol. The van der Waals surface area contributed by atoms with Gasteiger partial charge < -0.3 is 10.1 Å². The zero-order valence-corrected chi connectivity index (χ0v) is 11.0. The molecule has 1 atom stereocenters. The second-order valence-electron chi connectivity index (χ2n) is 5.50. The summed E-state index contributed by atoms with van der Waals surface area (Å²) in [7, 11) is 0. The number of nitrogens with one attached hydrogen (secondary N) is 1. The van der Waals surface area contributed by atoms with Gasteiger partial charge in [-0.05, 0) is 18.8 Å². The molecule has 3 rings (SSSR count). The molecule has 6 heteroatoms. The van der Waals surface area contributed by atoms with Gasteiger partial charge in [0.1, 0.15) is 0 Å². The van der Waals surface area contributed by atoms with Crippen LogP contribution in [0.25, 0.3) is 0 Å². The van der Waals surface area contributed by atoms with Gasteiger partial charge in [0.25, 0.3) is 0 Å². The molecule has 1 fully saturated rings. The third-order valence-electron chi connectivity index (χ3n) is 4.02. The molecule has 0 unspecified atom stereocenters. The summed E-state index contributed by atoms with van der Waals surface area (Å²) in [6.07, 6.45) is 7.35. The fourth-order valence-corrected chi connectivity index (χ4v) is 2.89. The van der Waals surface area contributed by atoms with Crippen molar-refractivity contribution in [3.63, 3.8) is 0 Å². The van der Waals surface area contributed by atoms with Gasteiger partial charge in [0.15, 0.2) is 0 Å². The van der Waals surface area contributed by atoms with Crippen LogP contribution in [0.15, 0.2) is 6.20 Å². The van der Waals surface area contributed by atoms with Crippen molar-refractivity contribution < 1.29 is 9.53 Å². The monoisotopic (exact) mass is 264 g/mol. The van der Waals surface area contributed by atoms with Gasteiger partial charge in [-0.25, -0.2) is 4.68 Å². The Morgan fingerprint density at radius 3 is 3.16 bits per heavy atom. The molecule has 0 aromatic carbocycles.